The van der Waals surface area contributed by atoms with Crippen molar-refractivity contribution < 1.29 is 14.3 Å². The minimum Gasteiger partial charge on any atom is -0.378 e. The normalized spacial score (nSPS) is 17.1. The van der Waals surface area contributed by atoms with E-state index in [1.165, 1.54) is 0 Å². The van der Waals surface area contributed by atoms with E-state index in [1.54, 1.807) is 29.4 Å². The fraction of sp³-hybridized carbons (Fsp3) is 0.333. The van der Waals surface area contributed by atoms with E-state index in [1.807, 2.05) is 41.2 Å². The summed E-state index contributed by atoms with van der Waals surface area (Å²) in [4.78, 5) is 37.9. The number of fused-ring (bicyclic) bond motifs is 1. The quantitative estimate of drug-likeness (QED) is 0.515. The lowest BCUT2D eigenvalue weighted by Gasteiger charge is -2.29. The summed E-state index contributed by atoms with van der Waals surface area (Å²) in [6.45, 7) is 2.91. The average molecular weight is 500 g/mol. The monoisotopic (exact) mass is 499 g/mol. The summed E-state index contributed by atoms with van der Waals surface area (Å²) in [5.41, 5.74) is 3.29. The molecule has 1 saturated heterocycles. The molecule has 3 aliphatic rings. The van der Waals surface area contributed by atoms with E-state index in [4.69, 9.17) is 4.74 Å². The van der Waals surface area contributed by atoms with Crippen LogP contribution in [0.2, 0.25) is 0 Å². The predicted molar refractivity (Wildman–Crippen MR) is 139 cm³/mol. The van der Waals surface area contributed by atoms with Crippen LogP contribution in [0.4, 0.5) is 11.5 Å². The Balaban J connectivity index is 1.18. The first-order valence-corrected chi connectivity index (χ1v) is 12.6. The van der Waals surface area contributed by atoms with Crippen molar-refractivity contribution in [2.45, 2.75) is 32.0 Å². The second-order valence-electron chi connectivity index (χ2n) is 9.52. The van der Waals surface area contributed by atoms with Crippen molar-refractivity contribution in [1.82, 2.24) is 24.8 Å². The number of benzene rings is 1. The number of anilines is 2. The summed E-state index contributed by atoms with van der Waals surface area (Å²) in [7, 11) is 0. The fourth-order valence-corrected chi connectivity index (χ4v) is 4.55. The lowest BCUT2D eigenvalue weighted by atomic mass is 10.1. The van der Waals surface area contributed by atoms with Crippen LogP contribution in [-0.2, 0) is 22.6 Å². The molecule has 0 bridgehead atoms. The summed E-state index contributed by atoms with van der Waals surface area (Å²) in [6.07, 6.45) is 9.82. The minimum absolute atomic E-state index is 0.0355. The van der Waals surface area contributed by atoms with Crippen LogP contribution in [0.5, 0.6) is 0 Å². The Morgan fingerprint density at radius 2 is 1.95 bits per heavy atom. The molecule has 10 heteroatoms. The molecule has 1 aromatic carbocycles. The van der Waals surface area contributed by atoms with Gasteiger partial charge >= 0.3 is 0 Å². The van der Waals surface area contributed by atoms with Gasteiger partial charge in [-0.25, -0.2) is 9.97 Å². The predicted octanol–water partition coefficient (Wildman–Crippen LogP) is 2.46. The number of carbonyl (C=O) groups is 2. The van der Waals surface area contributed by atoms with Crippen LogP contribution in [0.1, 0.15) is 34.6 Å². The molecule has 4 heterocycles. The third-order valence-electron chi connectivity index (χ3n) is 6.67. The first kappa shape index (κ1) is 23.2. The van der Waals surface area contributed by atoms with Gasteiger partial charge in [0.2, 0.25) is 5.91 Å². The van der Waals surface area contributed by atoms with Crippen LogP contribution in [0, 0.1) is 0 Å². The second kappa shape index (κ2) is 10.1. The topological polar surface area (TPSA) is 105 Å². The van der Waals surface area contributed by atoms with Crippen LogP contribution in [-0.4, -0.2) is 63.6 Å². The molecule has 2 amide bonds. The standard InChI is InChI=1S/C27H29N7O3/c35-25(30-21-5-6-21)15-19-2-1-3-22(14-19)34-17-23(26-28-8-9-33(26)18-34)31-24-7-4-20(16-29-24)27(36)32-10-12-37-13-11-32/h1-4,7-9,14,16-17,21H,5-6,10-13,15,18H2,(H,29,31)(H,30,35). The minimum atomic E-state index is -0.0355. The van der Waals surface area contributed by atoms with Crippen molar-refractivity contribution in [1.29, 1.82) is 0 Å². The van der Waals surface area contributed by atoms with Gasteiger partial charge in [0.15, 0.2) is 5.82 Å². The van der Waals surface area contributed by atoms with Gasteiger partial charge in [-0.1, -0.05) is 12.1 Å². The van der Waals surface area contributed by atoms with Gasteiger partial charge < -0.3 is 29.7 Å². The number of nitrogens with one attached hydrogen (secondary N) is 2. The molecule has 1 saturated carbocycles. The maximum atomic E-state index is 12.7. The van der Waals surface area contributed by atoms with Crippen LogP contribution >= 0.6 is 0 Å². The van der Waals surface area contributed by atoms with Crippen molar-refractivity contribution in [3.8, 4) is 0 Å². The number of nitrogens with zero attached hydrogens (tertiary/aromatic N) is 5. The maximum Gasteiger partial charge on any atom is 0.255 e. The highest BCUT2D eigenvalue weighted by atomic mass is 16.5. The van der Waals surface area contributed by atoms with E-state index < -0.39 is 0 Å². The molecule has 0 unspecified atom stereocenters. The molecule has 2 aliphatic heterocycles. The molecule has 190 valence electrons. The largest absolute Gasteiger partial charge is 0.378 e. The molecule has 3 aromatic rings. The summed E-state index contributed by atoms with van der Waals surface area (Å²) in [5, 5.41) is 6.41. The first-order valence-electron chi connectivity index (χ1n) is 12.6. The lowest BCUT2D eigenvalue weighted by Crippen LogP contribution is -2.40. The molecular weight excluding hydrogens is 470 g/mol. The highest BCUT2D eigenvalue weighted by Crippen LogP contribution is 2.27. The number of aromatic nitrogens is 3. The van der Waals surface area contributed by atoms with E-state index in [0.29, 0.717) is 56.8 Å². The van der Waals surface area contributed by atoms with Crippen LogP contribution in [0.25, 0.3) is 5.70 Å². The smallest absolute Gasteiger partial charge is 0.255 e. The Bertz CT molecular complexity index is 1320. The number of carbonyl (C=O) groups excluding carboxylic acids is 2. The van der Waals surface area contributed by atoms with E-state index in [9.17, 15) is 9.59 Å². The zero-order valence-electron chi connectivity index (χ0n) is 20.5. The van der Waals surface area contributed by atoms with Crippen molar-refractivity contribution in [2.24, 2.45) is 0 Å². The van der Waals surface area contributed by atoms with E-state index in [2.05, 4.69) is 25.5 Å². The second-order valence-corrected chi connectivity index (χ2v) is 9.52. The lowest BCUT2D eigenvalue weighted by molar-refractivity contribution is -0.120. The van der Waals surface area contributed by atoms with Crippen molar-refractivity contribution in [3.63, 3.8) is 0 Å². The molecule has 0 atom stereocenters. The SMILES string of the molecule is O=C(Cc1cccc(N2C=C(Nc3ccc(C(=O)N4CCOCC4)cn3)c3nccn3C2)c1)NC1CC1. The fourth-order valence-electron chi connectivity index (χ4n) is 4.55. The number of rotatable bonds is 7. The first-order chi connectivity index (χ1) is 18.1. The summed E-state index contributed by atoms with van der Waals surface area (Å²) in [6, 6.07) is 12.0. The maximum absolute atomic E-state index is 12.7. The van der Waals surface area contributed by atoms with Gasteiger partial charge in [-0.2, -0.15) is 0 Å². The number of hydrogen-bond donors (Lipinski definition) is 2. The van der Waals surface area contributed by atoms with Gasteiger partial charge in [-0.05, 0) is 42.7 Å². The summed E-state index contributed by atoms with van der Waals surface area (Å²) >= 11 is 0. The Hall–Kier alpha value is -4.18. The molecule has 1 aliphatic carbocycles. The molecule has 6 rings (SSSR count). The Morgan fingerprint density at radius 1 is 1.08 bits per heavy atom. The van der Waals surface area contributed by atoms with Crippen LogP contribution < -0.4 is 15.5 Å². The zero-order valence-corrected chi connectivity index (χ0v) is 20.5. The van der Waals surface area contributed by atoms with Gasteiger partial charge in [0.25, 0.3) is 5.91 Å². The van der Waals surface area contributed by atoms with Crippen molar-refractivity contribution in [2.75, 3.05) is 36.5 Å². The third kappa shape index (κ3) is 5.34. The van der Waals surface area contributed by atoms with Crippen LogP contribution in [0.3, 0.4) is 0 Å². The highest BCUT2D eigenvalue weighted by molar-refractivity contribution is 5.94. The Labute approximate surface area is 214 Å². The Morgan fingerprint density at radius 3 is 2.73 bits per heavy atom. The van der Waals surface area contributed by atoms with Gasteiger partial charge in [0, 0.05) is 49.6 Å². The van der Waals surface area contributed by atoms with Gasteiger partial charge in [0.1, 0.15) is 12.5 Å². The number of amides is 2. The number of imidazole rings is 1. The highest BCUT2D eigenvalue weighted by Gasteiger charge is 2.24. The van der Waals surface area contributed by atoms with Crippen LogP contribution in [0.15, 0.2) is 61.2 Å². The third-order valence-corrected chi connectivity index (χ3v) is 6.67. The zero-order chi connectivity index (χ0) is 25.2. The van der Waals surface area contributed by atoms with Gasteiger partial charge in [0.05, 0.1) is 30.9 Å². The summed E-state index contributed by atoms with van der Waals surface area (Å²) < 4.78 is 7.38. The molecule has 0 spiro atoms. The number of hydrogen-bond acceptors (Lipinski definition) is 7. The average Bonchev–Trinajstić information content (AvgIpc) is 3.60. The Kier molecular flexibility index (Phi) is 6.32. The van der Waals surface area contributed by atoms with Crippen molar-refractivity contribution >= 4 is 29.0 Å². The number of ether oxygens (including phenoxy) is 1. The number of morpholine rings is 1. The summed E-state index contributed by atoms with van der Waals surface area (Å²) in [5.74, 6) is 1.44. The van der Waals surface area contributed by atoms with Gasteiger partial charge in [-0.3, -0.25) is 9.59 Å². The molecule has 2 fully saturated rings. The molecule has 37 heavy (non-hydrogen) atoms. The molecule has 10 nitrogen and oxygen atoms in total. The molecule has 2 N–H and O–H groups in total. The molecule has 0 radical (unpaired) electrons. The van der Waals surface area contributed by atoms with E-state index in [0.717, 1.165) is 35.6 Å². The van der Waals surface area contributed by atoms with E-state index in [-0.39, 0.29) is 11.8 Å². The van der Waals surface area contributed by atoms with Crippen molar-refractivity contribution in [3.05, 3.63) is 78.1 Å². The van der Waals surface area contributed by atoms with Gasteiger partial charge in [-0.15, -0.1) is 0 Å². The number of pyridine rings is 1. The van der Waals surface area contributed by atoms with E-state index >= 15 is 0 Å². The molecule has 2 aromatic heterocycles. The molecular formula is C27H29N7O3.